The summed E-state index contributed by atoms with van der Waals surface area (Å²) in [7, 11) is -3.34. The van der Waals surface area contributed by atoms with E-state index < -0.39 is 28.2 Å². The van der Waals surface area contributed by atoms with E-state index in [2.05, 4.69) is 0 Å². The molecule has 0 atom stereocenters. The monoisotopic (exact) mass is 394 g/mol. The predicted molar refractivity (Wildman–Crippen MR) is 102 cm³/mol. The highest BCUT2D eigenvalue weighted by Gasteiger charge is 2.28. The maximum absolute atomic E-state index is 12.5. The lowest BCUT2D eigenvalue weighted by Crippen LogP contribution is -2.18. The van der Waals surface area contributed by atoms with Gasteiger partial charge in [0.25, 0.3) is 0 Å². The first-order valence-electron chi connectivity index (χ1n) is 9.16. The third kappa shape index (κ3) is 5.66. The molecule has 0 heterocycles. The van der Waals surface area contributed by atoms with E-state index in [-0.39, 0.29) is 23.0 Å². The van der Waals surface area contributed by atoms with Crippen molar-refractivity contribution in [1.82, 2.24) is 0 Å². The average Bonchev–Trinajstić information content (AvgIpc) is 2.61. The third-order valence-electron chi connectivity index (χ3n) is 4.78. The molecule has 0 aromatic heterocycles. The molecule has 7 heteroatoms. The molecule has 27 heavy (non-hydrogen) atoms. The molecule has 1 aromatic carbocycles. The normalized spacial score (nSPS) is 16.5. The number of sulfone groups is 1. The first-order chi connectivity index (χ1) is 12.7. The zero-order valence-corrected chi connectivity index (χ0v) is 16.5. The molecule has 1 fully saturated rings. The summed E-state index contributed by atoms with van der Waals surface area (Å²) in [4.78, 5) is 24.1. The van der Waals surface area contributed by atoms with Gasteiger partial charge in [0.15, 0.2) is 9.84 Å². The quantitative estimate of drug-likeness (QED) is 0.562. The number of carbonyl (C=O) groups is 2. The summed E-state index contributed by atoms with van der Waals surface area (Å²) in [5, 5.41) is 9.32. The largest absolute Gasteiger partial charge is 0.481 e. The summed E-state index contributed by atoms with van der Waals surface area (Å²) in [5.41, 5.74) is 1.51. The van der Waals surface area contributed by atoms with Crippen molar-refractivity contribution in [3.63, 3.8) is 0 Å². The van der Waals surface area contributed by atoms with E-state index in [1.165, 1.54) is 12.1 Å². The summed E-state index contributed by atoms with van der Waals surface area (Å²) < 4.78 is 28.6. The molecule has 2 rings (SSSR count). The van der Waals surface area contributed by atoms with Crippen LogP contribution in [0.1, 0.15) is 51.0 Å². The lowest BCUT2D eigenvalue weighted by atomic mass is 9.78. The fourth-order valence-electron chi connectivity index (χ4n) is 3.58. The molecular weight excluding hydrogens is 368 g/mol. The minimum Gasteiger partial charge on any atom is -0.481 e. The topological polar surface area (TPSA) is 97.7 Å². The zero-order valence-electron chi connectivity index (χ0n) is 15.7. The van der Waals surface area contributed by atoms with E-state index in [0.717, 1.165) is 38.4 Å². The third-order valence-corrected chi connectivity index (χ3v) is 5.91. The fraction of sp³-hybridized carbons (Fsp3) is 0.500. The van der Waals surface area contributed by atoms with Crippen LogP contribution in [0.4, 0.5) is 0 Å². The first-order valence-corrected chi connectivity index (χ1v) is 11.1. The van der Waals surface area contributed by atoms with Crippen molar-refractivity contribution in [2.24, 2.45) is 5.92 Å². The number of allylic oxidation sites excluding steroid dienone is 1. The van der Waals surface area contributed by atoms with Crippen LogP contribution in [0.5, 0.6) is 0 Å². The van der Waals surface area contributed by atoms with Crippen molar-refractivity contribution in [3.05, 3.63) is 35.4 Å². The maximum atomic E-state index is 12.5. The molecule has 0 bridgehead atoms. The van der Waals surface area contributed by atoms with Gasteiger partial charge in [-0.3, -0.25) is 4.79 Å². The summed E-state index contributed by atoms with van der Waals surface area (Å²) in [6.45, 7) is 1.84. The second-order valence-electron chi connectivity index (χ2n) is 6.81. The summed E-state index contributed by atoms with van der Waals surface area (Å²) in [5.74, 6) is -1.66. The van der Waals surface area contributed by atoms with Crippen molar-refractivity contribution in [2.75, 3.05) is 12.9 Å². The molecule has 1 aromatic rings. The van der Waals surface area contributed by atoms with Gasteiger partial charge in [0, 0.05) is 6.26 Å². The van der Waals surface area contributed by atoms with Crippen molar-refractivity contribution in [2.45, 2.75) is 50.3 Å². The zero-order chi connectivity index (χ0) is 20.0. The lowest BCUT2D eigenvalue weighted by Gasteiger charge is -2.27. The van der Waals surface area contributed by atoms with Crippen LogP contribution in [0.15, 0.2) is 34.7 Å². The molecule has 0 amide bonds. The molecule has 1 aliphatic carbocycles. The number of carboxylic acid groups (broad SMARTS) is 1. The van der Waals surface area contributed by atoms with E-state index in [4.69, 9.17) is 4.74 Å². The Morgan fingerprint density at radius 1 is 1.11 bits per heavy atom. The number of carboxylic acids is 1. The van der Waals surface area contributed by atoms with Crippen LogP contribution in [0.3, 0.4) is 0 Å². The number of rotatable bonds is 7. The fourth-order valence-corrected chi connectivity index (χ4v) is 4.21. The van der Waals surface area contributed by atoms with E-state index in [1.54, 1.807) is 19.1 Å². The van der Waals surface area contributed by atoms with Gasteiger partial charge in [0.2, 0.25) is 0 Å². The summed E-state index contributed by atoms with van der Waals surface area (Å²) in [6, 6.07) is 6.30. The smallest absolute Gasteiger partial charge is 0.334 e. The summed E-state index contributed by atoms with van der Waals surface area (Å²) in [6.07, 6.45) is 5.59. The SMILES string of the molecule is CCOC(=O)C(CC(=O)O)=C(c1ccc(S(C)(=O)=O)cc1)C1CCCCC1. The highest BCUT2D eigenvalue weighted by molar-refractivity contribution is 7.90. The Morgan fingerprint density at radius 3 is 2.19 bits per heavy atom. The van der Waals surface area contributed by atoms with Crippen LogP contribution >= 0.6 is 0 Å². The van der Waals surface area contributed by atoms with Crippen LogP contribution in [0.25, 0.3) is 5.57 Å². The lowest BCUT2D eigenvalue weighted by molar-refractivity contribution is -0.142. The molecule has 0 aliphatic heterocycles. The van der Waals surface area contributed by atoms with Gasteiger partial charge < -0.3 is 9.84 Å². The van der Waals surface area contributed by atoms with Crippen molar-refractivity contribution >= 4 is 27.3 Å². The van der Waals surface area contributed by atoms with Gasteiger partial charge in [-0.05, 0) is 49.0 Å². The number of esters is 1. The Labute approximate surface area is 160 Å². The van der Waals surface area contributed by atoms with Crippen LogP contribution < -0.4 is 0 Å². The second kappa shape index (κ2) is 9.17. The van der Waals surface area contributed by atoms with Gasteiger partial charge >= 0.3 is 11.9 Å². The van der Waals surface area contributed by atoms with Crippen molar-refractivity contribution in [1.29, 1.82) is 0 Å². The standard InChI is InChI=1S/C20H26O6S/c1-3-26-20(23)17(13-18(21)22)19(14-7-5-4-6-8-14)15-9-11-16(12-10-15)27(2,24)25/h9-12,14H,3-8,13H2,1-2H3,(H,21,22). The number of hydrogen-bond acceptors (Lipinski definition) is 5. The second-order valence-corrected chi connectivity index (χ2v) is 8.83. The molecule has 0 radical (unpaired) electrons. The molecule has 6 nitrogen and oxygen atoms in total. The van der Waals surface area contributed by atoms with Crippen LogP contribution in [-0.2, 0) is 24.2 Å². The Bertz CT molecular complexity index is 815. The van der Waals surface area contributed by atoms with Crippen LogP contribution in [0, 0.1) is 5.92 Å². The Morgan fingerprint density at radius 2 is 1.70 bits per heavy atom. The molecule has 0 saturated heterocycles. The minimum absolute atomic E-state index is 0.0570. The first kappa shape index (κ1) is 21.2. The van der Waals surface area contributed by atoms with E-state index in [9.17, 15) is 23.1 Å². The van der Waals surface area contributed by atoms with Crippen molar-refractivity contribution in [3.8, 4) is 0 Å². The number of ether oxygens (including phenoxy) is 1. The van der Waals surface area contributed by atoms with Gasteiger partial charge in [-0.1, -0.05) is 31.4 Å². The molecule has 0 unspecified atom stereocenters. The highest BCUT2D eigenvalue weighted by Crippen LogP contribution is 2.38. The van der Waals surface area contributed by atoms with Gasteiger partial charge in [-0.2, -0.15) is 0 Å². The molecule has 1 saturated carbocycles. The van der Waals surface area contributed by atoms with Gasteiger partial charge in [0.1, 0.15) is 0 Å². The van der Waals surface area contributed by atoms with Crippen molar-refractivity contribution < 1.29 is 27.9 Å². The Kier molecular flexibility index (Phi) is 7.18. The predicted octanol–water partition coefficient (Wildman–Crippen LogP) is 3.46. The number of hydrogen-bond donors (Lipinski definition) is 1. The average molecular weight is 394 g/mol. The van der Waals surface area contributed by atoms with Gasteiger partial charge in [-0.25, -0.2) is 13.2 Å². The van der Waals surface area contributed by atoms with Gasteiger partial charge in [-0.15, -0.1) is 0 Å². The van der Waals surface area contributed by atoms with E-state index in [0.29, 0.717) is 11.1 Å². The maximum Gasteiger partial charge on any atom is 0.334 e. The number of aliphatic carboxylic acids is 1. The summed E-state index contributed by atoms with van der Waals surface area (Å²) >= 11 is 0. The number of benzene rings is 1. The van der Waals surface area contributed by atoms with Gasteiger partial charge in [0.05, 0.1) is 23.5 Å². The van der Waals surface area contributed by atoms with Crippen LogP contribution in [0.2, 0.25) is 0 Å². The van der Waals surface area contributed by atoms with E-state index >= 15 is 0 Å². The minimum atomic E-state index is -3.34. The molecule has 0 spiro atoms. The molecular formula is C20H26O6S. The Balaban J connectivity index is 2.60. The number of carbonyl (C=O) groups excluding carboxylic acids is 1. The van der Waals surface area contributed by atoms with Crippen LogP contribution in [-0.4, -0.2) is 38.3 Å². The Hall–Kier alpha value is -2.15. The highest BCUT2D eigenvalue weighted by atomic mass is 32.2. The molecule has 1 N–H and O–H groups in total. The molecule has 1 aliphatic rings. The van der Waals surface area contributed by atoms with E-state index in [1.807, 2.05) is 0 Å². The molecule has 148 valence electrons.